The van der Waals surface area contributed by atoms with Gasteiger partial charge in [0.2, 0.25) is 0 Å². The molecule has 0 heterocycles. The molecule has 0 aliphatic rings. The van der Waals surface area contributed by atoms with Crippen molar-refractivity contribution in [3.8, 4) is 5.75 Å². The maximum Gasteiger partial charge on any atom is 0.137 e. The molecule has 18 heavy (non-hydrogen) atoms. The van der Waals surface area contributed by atoms with Crippen LogP contribution in [0.5, 0.6) is 5.75 Å². The van der Waals surface area contributed by atoms with Gasteiger partial charge < -0.3 is 10.1 Å². The van der Waals surface area contributed by atoms with Crippen molar-refractivity contribution in [3.63, 3.8) is 0 Å². The van der Waals surface area contributed by atoms with Crippen molar-refractivity contribution in [1.82, 2.24) is 5.32 Å². The number of benzene rings is 1. The van der Waals surface area contributed by atoms with Crippen LogP contribution in [0.3, 0.4) is 0 Å². The fourth-order valence-electron chi connectivity index (χ4n) is 1.83. The van der Waals surface area contributed by atoms with Crippen LogP contribution in [0.2, 0.25) is 5.02 Å². The zero-order valence-corrected chi connectivity index (χ0v) is 12.9. The van der Waals surface area contributed by atoms with Gasteiger partial charge in [0.05, 0.1) is 12.1 Å². The Morgan fingerprint density at radius 2 is 2.22 bits per heavy atom. The third-order valence-electron chi connectivity index (χ3n) is 2.83. The summed E-state index contributed by atoms with van der Waals surface area (Å²) in [6.45, 7) is 3.21. The molecule has 0 saturated carbocycles. The van der Waals surface area contributed by atoms with Crippen LogP contribution in [0.15, 0.2) is 18.2 Å². The minimum Gasteiger partial charge on any atom is -0.495 e. The molecule has 1 unspecified atom stereocenters. The second-order valence-corrected chi connectivity index (χ2v) is 5.57. The number of methoxy groups -OCH3 is 1. The fraction of sp³-hybridized carbons (Fsp3) is 0.571. The van der Waals surface area contributed by atoms with Gasteiger partial charge in [-0.3, -0.25) is 0 Å². The number of nitrogens with one attached hydrogen (secondary N) is 1. The Kier molecular flexibility index (Phi) is 7.56. The normalized spacial score (nSPS) is 12.4. The average molecular weight is 288 g/mol. The smallest absolute Gasteiger partial charge is 0.137 e. The first-order valence-corrected chi connectivity index (χ1v) is 8.05. The van der Waals surface area contributed by atoms with E-state index in [1.165, 1.54) is 5.56 Å². The van der Waals surface area contributed by atoms with Gasteiger partial charge in [-0.15, -0.1) is 0 Å². The van der Waals surface area contributed by atoms with Crippen LogP contribution in [-0.4, -0.2) is 25.7 Å². The highest BCUT2D eigenvalue weighted by atomic mass is 35.5. The summed E-state index contributed by atoms with van der Waals surface area (Å²) in [7, 11) is 1.65. The van der Waals surface area contributed by atoms with E-state index in [-0.39, 0.29) is 0 Å². The molecular formula is C14H22ClNOS. The molecule has 0 radical (unpaired) electrons. The molecular weight excluding hydrogens is 266 g/mol. The van der Waals surface area contributed by atoms with Crippen molar-refractivity contribution in [2.24, 2.45) is 0 Å². The Morgan fingerprint density at radius 3 is 2.83 bits per heavy atom. The summed E-state index contributed by atoms with van der Waals surface area (Å²) in [6, 6.07) is 6.41. The van der Waals surface area contributed by atoms with Crippen LogP contribution >= 0.6 is 23.4 Å². The number of hydrogen-bond donors (Lipinski definition) is 1. The van der Waals surface area contributed by atoms with Gasteiger partial charge >= 0.3 is 0 Å². The van der Waals surface area contributed by atoms with Gasteiger partial charge in [-0.1, -0.05) is 24.6 Å². The van der Waals surface area contributed by atoms with E-state index in [2.05, 4.69) is 24.6 Å². The van der Waals surface area contributed by atoms with E-state index in [1.54, 1.807) is 7.11 Å². The monoisotopic (exact) mass is 287 g/mol. The van der Waals surface area contributed by atoms with Gasteiger partial charge in [0.25, 0.3) is 0 Å². The molecule has 102 valence electrons. The van der Waals surface area contributed by atoms with E-state index in [4.69, 9.17) is 16.3 Å². The first kappa shape index (κ1) is 15.7. The van der Waals surface area contributed by atoms with E-state index >= 15 is 0 Å². The highest BCUT2D eigenvalue weighted by molar-refractivity contribution is 7.98. The quantitative estimate of drug-likeness (QED) is 0.776. The van der Waals surface area contributed by atoms with Gasteiger partial charge in [-0.05, 0) is 49.1 Å². The number of thioether (sulfide) groups is 1. The molecule has 1 N–H and O–H groups in total. The minimum atomic E-state index is 0.378. The van der Waals surface area contributed by atoms with E-state index < -0.39 is 0 Å². The van der Waals surface area contributed by atoms with Gasteiger partial charge in [0.1, 0.15) is 5.75 Å². The molecule has 1 atom stereocenters. The van der Waals surface area contributed by atoms with Gasteiger partial charge in [0.15, 0.2) is 0 Å². The molecule has 0 aromatic heterocycles. The summed E-state index contributed by atoms with van der Waals surface area (Å²) < 4.78 is 5.28. The predicted molar refractivity (Wildman–Crippen MR) is 82.0 cm³/mol. The Labute approximate surface area is 119 Å². The molecule has 2 nitrogen and oxygen atoms in total. The van der Waals surface area contributed by atoms with E-state index in [0.29, 0.717) is 11.1 Å². The lowest BCUT2D eigenvalue weighted by Crippen LogP contribution is -2.22. The molecule has 0 aliphatic carbocycles. The first-order chi connectivity index (χ1) is 8.72. The molecule has 0 amide bonds. The highest BCUT2D eigenvalue weighted by Gasteiger charge is 2.12. The lowest BCUT2D eigenvalue weighted by molar-refractivity contribution is 0.413. The third-order valence-corrected chi connectivity index (χ3v) is 3.79. The van der Waals surface area contributed by atoms with Gasteiger partial charge in [0, 0.05) is 6.04 Å². The molecule has 0 saturated heterocycles. The van der Waals surface area contributed by atoms with Crippen molar-refractivity contribution >= 4 is 23.4 Å². The van der Waals surface area contributed by atoms with Gasteiger partial charge in [-0.25, -0.2) is 0 Å². The molecule has 0 spiro atoms. The Hall–Kier alpha value is -0.380. The van der Waals surface area contributed by atoms with Crippen molar-refractivity contribution < 1.29 is 4.74 Å². The second kappa shape index (κ2) is 8.68. The second-order valence-electron chi connectivity index (χ2n) is 4.18. The maximum atomic E-state index is 6.06. The fourth-order valence-corrected chi connectivity index (χ4v) is 2.50. The Balaban J connectivity index is 2.82. The van der Waals surface area contributed by atoms with Crippen LogP contribution in [0.4, 0.5) is 0 Å². The van der Waals surface area contributed by atoms with Crippen molar-refractivity contribution in [2.45, 2.75) is 25.8 Å². The lowest BCUT2D eigenvalue weighted by atomic mass is 10.0. The molecule has 1 aromatic rings. The highest BCUT2D eigenvalue weighted by Crippen LogP contribution is 2.29. The van der Waals surface area contributed by atoms with Crippen LogP contribution in [0.25, 0.3) is 0 Å². The molecule has 0 bridgehead atoms. The molecule has 1 aromatic carbocycles. The zero-order valence-electron chi connectivity index (χ0n) is 11.3. The number of rotatable bonds is 8. The number of hydrogen-bond acceptors (Lipinski definition) is 3. The van der Waals surface area contributed by atoms with Crippen LogP contribution in [-0.2, 0) is 0 Å². The van der Waals surface area contributed by atoms with Crippen LogP contribution < -0.4 is 10.1 Å². The number of ether oxygens (including phenoxy) is 1. The van der Waals surface area contributed by atoms with E-state index in [1.807, 2.05) is 23.9 Å². The molecule has 1 rings (SSSR count). The van der Waals surface area contributed by atoms with Crippen molar-refractivity contribution in [2.75, 3.05) is 25.7 Å². The van der Waals surface area contributed by atoms with Crippen molar-refractivity contribution in [3.05, 3.63) is 28.8 Å². The topological polar surface area (TPSA) is 21.3 Å². The summed E-state index contributed by atoms with van der Waals surface area (Å²) in [5.74, 6) is 1.90. The summed E-state index contributed by atoms with van der Waals surface area (Å²) in [4.78, 5) is 0. The van der Waals surface area contributed by atoms with E-state index in [9.17, 15) is 0 Å². The molecule has 4 heteroatoms. The van der Waals surface area contributed by atoms with Crippen LogP contribution in [0.1, 0.15) is 31.4 Å². The summed E-state index contributed by atoms with van der Waals surface area (Å²) >= 11 is 7.93. The minimum absolute atomic E-state index is 0.378. The summed E-state index contributed by atoms with van der Waals surface area (Å²) in [5, 5.41) is 4.25. The maximum absolute atomic E-state index is 6.06. The average Bonchev–Trinajstić information content (AvgIpc) is 2.40. The molecule has 0 fully saturated rings. The standard InChI is InChI=1S/C14H22ClNOS/c1-4-8-16-13(7-9-18-3)11-5-6-12(15)14(10-11)17-2/h5-6,10,13,16H,4,7-9H2,1-3H3. The largest absolute Gasteiger partial charge is 0.495 e. The molecule has 0 aliphatic heterocycles. The SMILES string of the molecule is CCCNC(CCSC)c1ccc(Cl)c(OC)c1. The Morgan fingerprint density at radius 1 is 1.44 bits per heavy atom. The third kappa shape index (κ3) is 4.71. The lowest BCUT2D eigenvalue weighted by Gasteiger charge is -2.19. The summed E-state index contributed by atoms with van der Waals surface area (Å²) in [6.07, 6.45) is 4.39. The van der Waals surface area contributed by atoms with Gasteiger partial charge in [-0.2, -0.15) is 11.8 Å². The predicted octanol–water partition coefficient (Wildman–Crippen LogP) is 4.14. The van der Waals surface area contributed by atoms with E-state index in [0.717, 1.165) is 30.9 Å². The zero-order chi connectivity index (χ0) is 13.4. The van der Waals surface area contributed by atoms with Crippen molar-refractivity contribution in [1.29, 1.82) is 0 Å². The first-order valence-electron chi connectivity index (χ1n) is 6.28. The summed E-state index contributed by atoms with van der Waals surface area (Å²) in [5.41, 5.74) is 1.25. The van der Waals surface area contributed by atoms with Crippen LogP contribution in [0, 0.1) is 0 Å². The Bertz CT molecular complexity index is 352. The number of halogens is 1.